The first-order valence-electron chi connectivity index (χ1n) is 6.77. The number of amides is 1. The van der Waals surface area contributed by atoms with Gasteiger partial charge >= 0.3 is 0 Å². The number of hydrogen-bond donors (Lipinski definition) is 2. The highest BCUT2D eigenvalue weighted by molar-refractivity contribution is 5.97. The van der Waals surface area contributed by atoms with Crippen LogP contribution in [0.5, 0.6) is 0 Å². The lowest BCUT2D eigenvalue weighted by Crippen LogP contribution is -2.20. The Morgan fingerprint density at radius 2 is 2.18 bits per heavy atom. The lowest BCUT2D eigenvalue weighted by atomic mass is 10.0. The number of nitrogens with one attached hydrogen (secondary N) is 1. The maximum Gasteiger partial charge on any atom is 0.250 e. The average Bonchev–Trinajstić information content (AvgIpc) is 2.52. The first-order chi connectivity index (χ1) is 10.7. The SMILES string of the molecule is CCC(CNO)=NC(=O)Cc1ccccc1CO/N=C\C#N. The normalized spacial score (nSPS) is 11.4. The number of nitriles is 1. The van der Waals surface area contributed by atoms with Crippen LogP contribution in [0, 0.1) is 11.3 Å². The molecule has 0 saturated carbocycles. The van der Waals surface area contributed by atoms with Crippen molar-refractivity contribution >= 4 is 17.8 Å². The van der Waals surface area contributed by atoms with E-state index in [9.17, 15) is 4.79 Å². The zero-order valence-corrected chi connectivity index (χ0v) is 12.3. The Labute approximate surface area is 128 Å². The molecule has 0 aromatic heterocycles. The van der Waals surface area contributed by atoms with Crippen molar-refractivity contribution in [3.63, 3.8) is 0 Å². The molecule has 1 amide bonds. The second-order valence-corrected chi connectivity index (χ2v) is 4.34. The maximum absolute atomic E-state index is 12.0. The van der Waals surface area contributed by atoms with E-state index in [1.807, 2.05) is 36.7 Å². The summed E-state index contributed by atoms with van der Waals surface area (Å²) >= 11 is 0. The van der Waals surface area contributed by atoms with Gasteiger partial charge in [-0.3, -0.25) is 4.79 Å². The van der Waals surface area contributed by atoms with E-state index in [1.54, 1.807) is 6.07 Å². The number of carbonyl (C=O) groups is 1. The molecule has 2 N–H and O–H groups in total. The van der Waals surface area contributed by atoms with Crippen LogP contribution in [0.25, 0.3) is 0 Å². The van der Waals surface area contributed by atoms with Crippen LogP contribution in [-0.2, 0) is 22.7 Å². The molecular weight excluding hydrogens is 284 g/mol. The molecule has 1 aromatic rings. The van der Waals surface area contributed by atoms with Crippen molar-refractivity contribution in [2.24, 2.45) is 10.1 Å². The van der Waals surface area contributed by atoms with E-state index in [4.69, 9.17) is 15.3 Å². The van der Waals surface area contributed by atoms with Crippen LogP contribution in [0.2, 0.25) is 0 Å². The van der Waals surface area contributed by atoms with Crippen LogP contribution in [-0.4, -0.2) is 29.6 Å². The Kier molecular flexibility index (Phi) is 8.12. The predicted octanol–water partition coefficient (Wildman–Crippen LogP) is 1.61. The summed E-state index contributed by atoms with van der Waals surface area (Å²) in [4.78, 5) is 20.9. The van der Waals surface area contributed by atoms with Crippen molar-refractivity contribution in [1.82, 2.24) is 5.48 Å². The Morgan fingerprint density at radius 1 is 1.45 bits per heavy atom. The number of aliphatic imine (C=N–C) groups is 1. The molecule has 0 saturated heterocycles. The van der Waals surface area contributed by atoms with Crippen LogP contribution in [0.15, 0.2) is 34.4 Å². The fourth-order valence-electron chi connectivity index (χ4n) is 1.75. The van der Waals surface area contributed by atoms with Crippen molar-refractivity contribution < 1.29 is 14.8 Å². The van der Waals surface area contributed by atoms with Gasteiger partial charge in [-0.05, 0) is 17.5 Å². The minimum absolute atomic E-state index is 0.135. The Morgan fingerprint density at radius 3 is 2.82 bits per heavy atom. The van der Waals surface area contributed by atoms with Crippen molar-refractivity contribution in [3.05, 3.63) is 35.4 Å². The molecular formula is C15H18N4O3. The van der Waals surface area contributed by atoms with Crippen molar-refractivity contribution in [2.75, 3.05) is 6.54 Å². The number of oxime groups is 1. The molecule has 7 nitrogen and oxygen atoms in total. The number of rotatable bonds is 8. The molecule has 0 radical (unpaired) electrons. The Balaban J connectivity index is 2.74. The standard InChI is InChI=1S/C15H18N4O3/c1-2-14(10-17-21)19-15(20)9-12-5-3-4-6-13(12)11-22-18-8-7-16/h3-6,8,17,21H,2,9-11H2,1H3/b18-8-,19-14?. The quantitative estimate of drug-likeness (QED) is 0.560. The largest absolute Gasteiger partial charge is 0.390 e. The fourth-order valence-corrected chi connectivity index (χ4v) is 1.75. The number of hydroxylamine groups is 1. The lowest BCUT2D eigenvalue weighted by Gasteiger charge is -2.07. The van der Waals surface area contributed by atoms with Gasteiger partial charge in [-0.25, -0.2) is 4.99 Å². The van der Waals surface area contributed by atoms with Gasteiger partial charge in [0.15, 0.2) is 0 Å². The highest BCUT2D eigenvalue weighted by atomic mass is 16.6. The summed E-state index contributed by atoms with van der Waals surface area (Å²) in [6, 6.07) is 9.02. The minimum Gasteiger partial charge on any atom is -0.390 e. The Hall–Kier alpha value is -2.56. The number of benzene rings is 1. The second kappa shape index (κ2) is 10.2. The molecule has 0 fully saturated rings. The van der Waals surface area contributed by atoms with Gasteiger partial charge in [0, 0.05) is 5.71 Å². The lowest BCUT2D eigenvalue weighted by molar-refractivity contribution is -0.117. The highest BCUT2D eigenvalue weighted by Crippen LogP contribution is 2.12. The zero-order valence-electron chi connectivity index (χ0n) is 12.3. The summed E-state index contributed by atoms with van der Waals surface area (Å²) in [7, 11) is 0. The van der Waals surface area contributed by atoms with Crippen LogP contribution >= 0.6 is 0 Å². The van der Waals surface area contributed by atoms with E-state index in [2.05, 4.69) is 10.1 Å². The molecule has 1 rings (SSSR count). The maximum atomic E-state index is 12.0. The van der Waals surface area contributed by atoms with Crippen molar-refractivity contribution in [2.45, 2.75) is 26.4 Å². The fraction of sp³-hybridized carbons (Fsp3) is 0.333. The molecule has 0 atom stereocenters. The van der Waals surface area contributed by atoms with E-state index in [-0.39, 0.29) is 25.5 Å². The number of carbonyl (C=O) groups excluding carboxylic acids is 1. The average molecular weight is 302 g/mol. The van der Waals surface area contributed by atoms with Gasteiger partial charge in [0.25, 0.3) is 0 Å². The van der Waals surface area contributed by atoms with Crippen LogP contribution in [0.4, 0.5) is 0 Å². The third kappa shape index (κ3) is 6.26. The van der Waals surface area contributed by atoms with E-state index < -0.39 is 0 Å². The summed E-state index contributed by atoms with van der Waals surface area (Å²) in [6.45, 7) is 2.19. The first kappa shape index (κ1) is 17.5. The minimum atomic E-state index is -0.292. The molecule has 0 heterocycles. The van der Waals surface area contributed by atoms with Crippen LogP contribution < -0.4 is 5.48 Å². The van der Waals surface area contributed by atoms with Crippen LogP contribution in [0.1, 0.15) is 24.5 Å². The molecule has 0 unspecified atom stereocenters. The molecule has 1 aromatic carbocycles. The highest BCUT2D eigenvalue weighted by Gasteiger charge is 2.08. The van der Waals surface area contributed by atoms with Gasteiger partial charge in [-0.15, -0.1) is 0 Å². The van der Waals surface area contributed by atoms with Crippen LogP contribution in [0.3, 0.4) is 0 Å². The van der Waals surface area contributed by atoms with Gasteiger partial charge in [0.1, 0.15) is 18.9 Å². The first-order valence-corrected chi connectivity index (χ1v) is 6.77. The van der Waals surface area contributed by atoms with Gasteiger partial charge in [-0.2, -0.15) is 10.7 Å². The monoisotopic (exact) mass is 302 g/mol. The third-order valence-electron chi connectivity index (χ3n) is 2.84. The summed E-state index contributed by atoms with van der Waals surface area (Å²) in [5, 5.41) is 20.4. The molecule has 116 valence electrons. The van der Waals surface area contributed by atoms with E-state index in [0.717, 1.165) is 17.3 Å². The van der Waals surface area contributed by atoms with Crippen molar-refractivity contribution in [1.29, 1.82) is 5.26 Å². The molecule has 0 aliphatic rings. The summed E-state index contributed by atoms with van der Waals surface area (Å²) in [5.74, 6) is -0.292. The summed E-state index contributed by atoms with van der Waals surface area (Å²) in [6.07, 6.45) is 1.71. The van der Waals surface area contributed by atoms with Gasteiger partial charge in [0.2, 0.25) is 5.91 Å². The molecule has 7 heteroatoms. The van der Waals surface area contributed by atoms with E-state index >= 15 is 0 Å². The molecule has 22 heavy (non-hydrogen) atoms. The molecule has 0 spiro atoms. The number of hydrogen-bond acceptors (Lipinski definition) is 6. The number of nitrogens with zero attached hydrogens (tertiary/aromatic N) is 3. The summed E-state index contributed by atoms with van der Waals surface area (Å²) in [5.41, 5.74) is 4.17. The molecule has 0 aliphatic heterocycles. The summed E-state index contributed by atoms with van der Waals surface area (Å²) < 4.78 is 0. The topological polar surface area (TPSA) is 107 Å². The van der Waals surface area contributed by atoms with Gasteiger partial charge in [0.05, 0.1) is 13.0 Å². The van der Waals surface area contributed by atoms with Crippen molar-refractivity contribution in [3.8, 4) is 6.07 Å². The smallest absolute Gasteiger partial charge is 0.250 e. The van der Waals surface area contributed by atoms with Gasteiger partial charge in [-0.1, -0.05) is 36.3 Å². The second-order valence-electron chi connectivity index (χ2n) is 4.34. The zero-order chi connectivity index (χ0) is 16.2. The Bertz CT molecular complexity index is 591. The van der Waals surface area contributed by atoms with Gasteiger partial charge < -0.3 is 10.0 Å². The molecule has 0 aliphatic carbocycles. The molecule has 0 bridgehead atoms. The van der Waals surface area contributed by atoms with E-state index in [1.165, 1.54) is 0 Å². The van der Waals surface area contributed by atoms with E-state index in [0.29, 0.717) is 12.1 Å². The predicted molar refractivity (Wildman–Crippen MR) is 81.6 cm³/mol. The third-order valence-corrected chi connectivity index (χ3v) is 2.84.